The van der Waals surface area contributed by atoms with Gasteiger partial charge in [0.2, 0.25) is 5.91 Å². The minimum Gasteiger partial charge on any atom is -0.377 e. The molecule has 5 heteroatoms. The van der Waals surface area contributed by atoms with Gasteiger partial charge in [-0.3, -0.25) is 9.48 Å². The molecule has 2 aliphatic rings. The molecule has 0 spiro atoms. The van der Waals surface area contributed by atoms with Gasteiger partial charge in [-0.1, -0.05) is 13.8 Å². The smallest absolute Gasteiger partial charge is 0.222 e. The van der Waals surface area contributed by atoms with Gasteiger partial charge in [0.15, 0.2) is 0 Å². The fourth-order valence-corrected chi connectivity index (χ4v) is 4.17. The second kappa shape index (κ2) is 5.69. The highest BCUT2D eigenvalue weighted by Gasteiger charge is 2.58. The molecule has 1 aromatic heterocycles. The van der Waals surface area contributed by atoms with E-state index in [1.807, 2.05) is 24.6 Å². The zero-order chi connectivity index (χ0) is 15.9. The van der Waals surface area contributed by atoms with Gasteiger partial charge in [-0.2, -0.15) is 5.10 Å². The number of hydrogen-bond donors (Lipinski definition) is 1. The van der Waals surface area contributed by atoms with Crippen LogP contribution in [0.1, 0.15) is 44.5 Å². The van der Waals surface area contributed by atoms with Gasteiger partial charge in [0.1, 0.15) is 0 Å². The third-order valence-corrected chi connectivity index (χ3v) is 5.30. The molecular formula is C17H27N3O2. The first kappa shape index (κ1) is 15.5. The molecule has 0 aromatic carbocycles. The van der Waals surface area contributed by atoms with Gasteiger partial charge in [0.05, 0.1) is 11.8 Å². The molecule has 5 nitrogen and oxygen atoms in total. The number of amides is 1. The van der Waals surface area contributed by atoms with Crippen LogP contribution >= 0.6 is 0 Å². The van der Waals surface area contributed by atoms with Crippen LogP contribution in [0.2, 0.25) is 0 Å². The molecule has 1 aliphatic carbocycles. The summed E-state index contributed by atoms with van der Waals surface area (Å²) in [5.74, 6) is 0.607. The summed E-state index contributed by atoms with van der Waals surface area (Å²) in [5.41, 5.74) is 2.15. The Morgan fingerprint density at radius 1 is 1.50 bits per heavy atom. The Morgan fingerprint density at radius 2 is 2.27 bits per heavy atom. The molecule has 3 unspecified atom stereocenters. The van der Waals surface area contributed by atoms with Crippen molar-refractivity contribution < 1.29 is 9.53 Å². The molecule has 122 valence electrons. The molecule has 1 N–H and O–H groups in total. The summed E-state index contributed by atoms with van der Waals surface area (Å²) in [6.07, 6.45) is 3.06. The van der Waals surface area contributed by atoms with Gasteiger partial charge in [-0.05, 0) is 32.8 Å². The molecule has 1 saturated heterocycles. The number of ether oxygens (including phenoxy) is 1. The summed E-state index contributed by atoms with van der Waals surface area (Å²) in [6, 6.07) is 2.28. The largest absolute Gasteiger partial charge is 0.377 e. The maximum absolute atomic E-state index is 12.3. The summed E-state index contributed by atoms with van der Waals surface area (Å²) in [5, 5.41) is 7.65. The van der Waals surface area contributed by atoms with Crippen LogP contribution in [-0.4, -0.2) is 34.4 Å². The van der Waals surface area contributed by atoms with Crippen LogP contribution in [-0.2, 0) is 16.1 Å². The predicted molar refractivity (Wildman–Crippen MR) is 84.5 cm³/mol. The Bertz CT molecular complexity index is 564. The Morgan fingerprint density at radius 3 is 2.95 bits per heavy atom. The molecule has 1 aliphatic heterocycles. The fourth-order valence-electron chi connectivity index (χ4n) is 4.17. The number of aromatic nitrogens is 2. The van der Waals surface area contributed by atoms with Crippen molar-refractivity contribution in [3.8, 4) is 0 Å². The Balaban J connectivity index is 1.54. The van der Waals surface area contributed by atoms with Crippen molar-refractivity contribution >= 4 is 5.91 Å². The van der Waals surface area contributed by atoms with Crippen LogP contribution in [0.3, 0.4) is 0 Å². The van der Waals surface area contributed by atoms with Crippen molar-refractivity contribution in [2.24, 2.45) is 11.3 Å². The topological polar surface area (TPSA) is 56.2 Å². The fraction of sp³-hybridized carbons (Fsp3) is 0.765. The standard InChI is InChI=1S/C17H27N3O2/c1-11-10-12(2)20(19-11)8-7-14(21)18-15-13-6-5-9-22-16(13)17(15,3)4/h10,13,15-16H,5-9H2,1-4H3,(H,18,21). The lowest BCUT2D eigenvalue weighted by atomic mass is 9.55. The first-order chi connectivity index (χ1) is 10.4. The number of hydrogen-bond acceptors (Lipinski definition) is 3. The van der Waals surface area contributed by atoms with Crippen molar-refractivity contribution in [1.82, 2.24) is 15.1 Å². The molecule has 0 radical (unpaired) electrons. The second-order valence-corrected chi connectivity index (χ2v) is 7.36. The highest BCUT2D eigenvalue weighted by molar-refractivity contribution is 5.76. The van der Waals surface area contributed by atoms with Crippen LogP contribution in [0.25, 0.3) is 0 Å². The SMILES string of the molecule is Cc1cc(C)n(CCC(=O)NC2C3CCCOC3C2(C)C)n1. The minimum atomic E-state index is 0.0406. The van der Waals surface area contributed by atoms with E-state index in [0.717, 1.165) is 30.8 Å². The van der Waals surface area contributed by atoms with E-state index in [1.54, 1.807) is 0 Å². The second-order valence-electron chi connectivity index (χ2n) is 7.36. The average molecular weight is 305 g/mol. The van der Waals surface area contributed by atoms with Crippen molar-refractivity contribution in [2.45, 2.75) is 65.6 Å². The molecule has 0 bridgehead atoms. The van der Waals surface area contributed by atoms with Crippen LogP contribution in [0.5, 0.6) is 0 Å². The summed E-state index contributed by atoms with van der Waals surface area (Å²) >= 11 is 0. The zero-order valence-electron chi connectivity index (χ0n) is 14.1. The molecule has 3 atom stereocenters. The third kappa shape index (κ3) is 2.67. The van der Waals surface area contributed by atoms with Crippen molar-refractivity contribution in [2.75, 3.05) is 6.61 Å². The van der Waals surface area contributed by atoms with E-state index < -0.39 is 0 Å². The van der Waals surface area contributed by atoms with E-state index >= 15 is 0 Å². The van der Waals surface area contributed by atoms with E-state index in [9.17, 15) is 4.79 Å². The van der Waals surface area contributed by atoms with E-state index in [2.05, 4.69) is 24.3 Å². The molecule has 2 fully saturated rings. The molecule has 22 heavy (non-hydrogen) atoms. The summed E-state index contributed by atoms with van der Waals surface area (Å²) < 4.78 is 7.80. The maximum atomic E-state index is 12.3. The van der Waals surface area contributed by atoms with Crippen molar-refractivity contribution in [1.29, 1.82) is 0 Å². The molecule has 1 aromatic rings. The van der Waals surface area contributed by atoms with Gasteiger partial charge in [-0.15, -0.1) is 0 Å². The van der Waals surface area contributed by atoms with E-state index in [-0.39, 0.29) is 17.4 Å². The Labute approximate surface area is 132 Å². The van der Waals surface area contributed by atoms with Gasteiger partial charge in [-0.25, -0.2) is 0 Å². The lowest BCUT2D eigenvalue weighted by Gasteiger charge is -2.59. The number of fused-ring (bicyclic) bond motifs is 1. The number of nitrogens with zero attached hydrogens (tertiary/aromatic N) is 2. The van der Waals surface area contributed by atoms with Gasteiger partial charge in [0, 0.05) is 42.6 Å². The lowest BCUT2D eigenvalue weighted by Crippen LogP contribution is -2.70. The first-order valence-corrected chi connectivity index (χ1v) is 8.31. The lowest BCUT2D eigenvalue weighted by molar-refractivity contribution is -0.193. The first-order valence-electron chi connectivity index (χ1n) is 8.31. The van der Waals surface area contributed by atoms with Gasteiger partial charge >= 0.3 is 0 Å². The van der Waals surface area contributed by atoms with Gasteiger partial charge < -0.3 is 10.1 Å². The van der Waals surface area contributed by atoms with E-state index in [4.69, 9.17) is 4.74 Å². The van der Waals surface area contributed by atoms with E-state index in [0.29, 0.717) is 25.0 Å². The molecule has 1 saturated carbocycles. The van der Waals surface area contributed by atoms with Crippen molar-refractivity contribution in [3.05, 3.63) is 17.5 Å². The number of carbonyl (C=O) groups is 1. The highest BCUT2D eigenvalue weighted by Crippen LogP contribution is 2.51. The molecule has 3 rings (SSSR count). The monoisotopic (exact) mass is 305 g/mol. The molecule has 1 amide bonds. The van der Waals surface area contributed by atoms with Crippen LogP contribution < -0.4 is 5.32 Å². The van der Waals surface area contributed by atoms with Crippen molar-refractivity contribution in [3.63, 3.8) is 0 Å². The van der Waals surface area contributed by atoms with Crippen LogP contribution in [0, 0.1) is 25.2 Å². The normalized spacial score (nSPS) is 29.5. The minimum absolute atomic E-state index is 0.0406. The zero-order valence-corrected chi connectivity index (χ0v) is 14.1. The third-order valence-electron chi connectivity index (χ3n) is 5.30. The number of rotatable bonds is 4. The van der Waals surface area contributed by atoms with E-state index in [1.165, 1.54) is 0 Å². The maximum Gasteiger partial charge on any atom is 0.222 e. The highest BCUT2D eigenvalue weighted by atomic mass is 16.5. The Kier molecular flexibility index (Phi) is 4.02. The Hall–Kier alpha value is -1.36. The number of nitrogens with one attached hydrogen (secondary N) is 1. The summed E-state index contributed by atoms with van der Waals surface area (Å²) in [7, 11) is 0. The predicted octanol–water partition coefficient (Wildman–Crippen LogP) is 2.21. The average Bonchev–Trinajstić information content (AvgIpc) is 2.80. The quantitative estimate of drug-likeness (QED) is 0.928. The summed E-state index contributed by atoms with van der Waals surface area (Å²) in [6.45, 7) is 9.91. The molecule has 2 heterocycles. The van der Waals surface area contributed by atoms with Gasteiger partial charge in [0.25, 0.3) is 0 Å². The summed E-state index contributed by atoms with van der Waals surface area (Å²) in [4.78, 5) is 12.3. The number of aryl methyl sites for hydroxylation is 3. The molecular weight excluding hydrogens is 278 g/mol. The number of carbonyl (C=O) groups excluding carboxylic acids is 1. The van der Waals surface area contributed by atoms with Crippen LogP contribution in [0.4, 0.5) is 0 Å². The van der Waals surface area contributed by atoms with Crippen LogP contribution in [0.15, 0.2) is 6.07 Å².